The van der Waals surface area contributed by atoms with Crippen molar-refractivity contribution in [2.75, 3.05) is 13.2 Å². The number of hydrogen-bond acceptors (Lipinski definition) is 8. The maximum absolute atomic E-state index is 14.4. The summed E-state index contributed by atoms with van der Waals surface area (Å²) in [6.07, 6.45) is -1.47. The van der Waals surface area contributed by atoms with Crippen LogP contribution in [0.1, 0.15) is 57.9 Å². The minimum Gasteiger partial charge on any atom is -0.346 e. The van der Waals surface area contributed by atoms with Crippen molar-refractivity contribution in [1.82, 2.24) is 9.55 Å². The lowest BCUT2D eigenvalue weighted by molar-refractivity contribution is -0.200. The molecule has 11 heteroatoms. The lowest BCUT2D eigenvalue weighted by Gasteiger charge is -2.32. The minimum absolute atomic E-state index is 0.0855. The van der Waals surface area contributed by atoms with Crippen LogP contribution < -0.4 is 11.2 Å². The van der Waals surface area contributed by atoms with Crippen molar-refractivity contribution in [1.29, 1.82) is 0 Å². The molecule has 0 bridgehead atoms. The number of aromatic nitrogens is 2. The molecule has 1 aromatic heterocycles. The van der Waals surface area contributed by atoms with Crippen molar-refractivity contribution in [3.63, 3.8) is 0 Å². The second-order valence-electron chi connectivity index (χ2n) is 12.1. The van der Waals surface area contributed by atoms with Gasteiger partial charge in [0.25, 0.3) is 5.56 Å². The minimum atomic E-state index is -3.70. The highest BCUT2D eigenvalue weighted by Gasteiger charge is 2.57. The lowest BCUT2D eigenvalue weighted by atomic mass is 9.98. The fraction of sp³-hybridized carbons (Fsp3) is 0.467. The number of aromatic amines is 1. The highest BCUT2D eigenvalue weighted by molar-refractivity contribution is 7.55. The summed E-state index contributed by atoms with van der Waals surface area (Å²) in [5.74, 6) is -1.02. The van der Waals surface area contributed by atoms with Gasteiger partial charge in [0, 0.05) is 18.2 Å². The Balaban J connectivity index is 1.23. The third-order valence-electron chi connectivity index (χ3n) is 7.85. The molecule has 1 aliphatic carbocycles. The number of ether oxygens (including phenoxy) is 3. The van der Waals surface area contributed by atoms with E-state index in [2.05, 4.69) is 29.2 Å². The van der Waals surface area contributed by atoms with Crippen LogP contribution in [-0.4, -0.2) is 52.0 Å². The van der Waals surface area contributed by atoms with Crippen LogP contribution in [0.2, 0.25) is 0 Å². The first-order valence-electron chi connectivity index (χ1n) is 13.8. The maximum Gasteiger partial charge on any atom is 0.336 e. The van der Waals surface area contributed by atoms with Gasteiger partial charge in [-0.3, -0.25) is 18.9 Å². The van der Waals surface area contributed by atoms with Gasteiger partial charge in [-0.05, 0) is 56.9 Å². The third-order valence-corrected chi connectivity index (χ3v) is 10.5. The van der Waals surface area contributed by atoms with E-state index in [9.17, 15) is 14.2 Å². The van der Waals surface area contributed by atoms with E-state index in [1.54, 1.807) is 13.8 Å². The first-order chi connectivity index (χ1) is 19.4. The zero-order chi connectivity index (χ0) is 29.2. The summed E-state index contributed by atoms with van der Waals surface area (Å²) >= 11 is 0. The smallest absolute Gasteiger partial charge is 0.336 e. The van der Waals surface area contributed by atoms with Crippen LogP contribution in [-0.2, 0) is 27.8 Å². The monoisotopic (exact) mass is 582 g/mol. The van der Waals surface area contributed by atoms with Crippen LogP contribution in [0.15, 0.2) is 70.4 Å². The van der Waals surface area contributed by atoms with Gasteiger partial charge in [-0.1, -0.05) is 48.5 Å². The summed E-state index contributed by atoms with van der Waals surface area (Å²) in [6, 6.07) is 17.6. The first-order valence-corrected chi connectivity index (χ1v) is 15.3. The molecular formula is C30H35N2O8P. The summed E-state index contributed by atoms with van der Waals surface area (Å²) in [5.41, 5.74) is 3.42. The van der Waals surface area contributed by atoms with Gasteiger partial charge in [0.2, 0.25) is 0 Å². The Bertz CT molecular complexity index is 1580. The van der Waals surface area contributed by atoms with Crippen LogP contribution in [0.5, 0.6) is 0 Å². The fourth-order valence-corrected chi connectivity index (χ4v) is 7.39. The predicted molar refractivity (Wildman–Crippen MR) is 152 cm³/mol. The lowest BCUT2D eigenvalue weighted by Crippen LogP contribution is -2.37. The van der Waals surface area contributed by atoms with E-state index in [-0.39, 0.29) is 19.1 Å². The molecule has 218 valence electrons. The van der Waals surface area contributed by atoms with Crippen LogP contribution >= 0.6 is 7.60 Å². The summed E-state index contributed by atoms with van der Waals surface area (Å²) in [5, 5.41) is -0.829. The zero-order valence-corrected chi connectivity index (χ0v) is 24.6. The van der Waals surface area contributed by atoms with Crippen LogP contribution in [0.4, 0.5) is 0 Å². The molecule has 0 saturated carbocycles. The standard InChI is InChI=1S/C30H35N2O8P/c1-29(2,3)41(35,36-16-22-20-12-8-6-10-18(20)19-11-7-9-13-21(19)22)37-17-23-25-26(40-30(4,5)39-25)27(38-23)32-15-14-24(33)31-28(32)34/h6-15,22-23,25-27H,16-17H2,1-5H3,(H,31,33,34)/t23-,25-,26-,27-,41?/m1/s1. The van der Waals surface area contributed by atoms with Gasteiger partial charge in [0.05, 0.1) is 18.4 Å². The van der Waals surface area contributed by atoms with E-state index in [4.69, 9.17) is 23.3 Å². The van der Waals surface area contributed by atoms with Crippen molar-refractivity contribution < 1.29 is 27.8 Å². The average Bonchev–Trinajstić information content (AvgIpc) is 3.52. The Labute approximate surface area is 238 Å². The molecule has 6 rings (SSSR count). The molecule has 2 fully saturated rings. The van der Waals surface area contributed by atoms with Crippen molar-refractivity contribution in [3.8, 4) is 11.1 Å². The van der Waals surface area contributed by atoms with E-state index >= 15 is 0 Å². The molecule has 3 aromatic rings. The molecule has 0 amide bonds. The number of H-pyrrole nitrogens is 1. The van der Waals surface area contributed by atoms with E-state index in [1.807, 2.05) is 45.0 Å². The highest BCUT2D eigenvalue weighted by atomic mass is 31.2. The van der Waals surface area contributed by atoms with Crippen molar-refractivity contribution in [3.05, 3.63) is 92.8 Å². The molecule has 1 unspecified atom stereocenters. The predicted octanol–water partition coefficient (Wildman–Crippen LogP) is 4.79. The summed E-state index contributed by atoms with van der Waals surface area (Å²) in [7, 11) is -3.70. The first kappa shape index (κ1) is 28.3. The number of rotatable bonds is 7. The van der Waals surface area contributed by atoms with E-state index in [1.165, 1.54) is 16.8 Å². The van der Waals surface area contributed by atoms with Gasteiger partial charge in [0.15, 0.2) is 12.0 Å². The Morgan fingerprint density at radius 1 is 0.902 bits per heavy atom. The van der Waals surface area contributed by atoms with Gasteiger partial charge >= 0.3 is 13.3 Å². The summed E-state index contributed by atoms with van der Waals surface area (Å²) in [4.78, 5) is 26.4. The Morgan fingerprint density at radius 2 is 1.49 bits per heavy atom. The zero-order valence-electron chi connectivity index (χ0n) is 23.7. The molecule has 10 nitrogen and oxygen atoms in total. The molecule has 1 N–H and O–H groups in total. The quantitative estimate of drug-likeness (QED) is 0.395. The molecule has 2 saturated heterocycles. The molecule has 3 aliphatic rings. The second kappa shape index (κ2) is 10.2. The summed E-state index contributed by atoms with van der Waals surface area (Å²) < 4.78 is 46.4. The van der Waals surface area contributed by atoms with E-state index < -0.39 is 54.3 Å². The molecule has 2 aromatic carbocycles. The molecule has 0 radical (unpaired) electrons. The molecule has 2 aliphatic heterocycles. The van der Waals surface area contributed by atoms with Crippen molar-refractivity contribution in [2.24, 2.45) is 0 Å². The van der Waals surface area contributed by atoms with Gasteiger partial charge < -0.3 is 23.3 Å². The molecular weight excluding hydrogens is 547 g/mol. The topological polar surface area (TPSA) is 118 Å². The summed E-state index contributed by atoms with van der Waals surface area (Å²) in [6.45, 7) is 9.09. The maximum atomic E-state index is 14.4. The van der Waals surface area contributed by atoms with Crippen LogP contribution in [0, 0.1) is 0 Å². The van der Waals surface area contributed by atoms with Crippen molar-refractivity contribution >= 4 is 7.60 Å². The van der Waals surface area contributed by atoms with Gasteiger partial charge in [0.1, 0.15) is 18.3 Å². The van der Waals surface area contributed by atoms with Crippen LogP contribution in [0.25, 0.3) is 11.1 Å². The number of nitrogens with zero attached hydrogens (tertiary/aromatic N) is 1. The molecule has 0 spiro atoms. The Kier molecular flexibility index (Phi) is 7.00. The van der Waals surface area contributed by atoms with E-state index in [0.717, 1.165) is 22.3 Å². The van der Waals surface area contributed by atoms with Gasteiger partial charge in [-0.15, -0.1) is 0 Å². The Morgan fingerprint density at radius 3 is 2.10 bits per heavy atom. The third kappa shape index (κ3) is 5.07. The van der Waals surface area contributed by atoms with Gasteiger partial charge in [-0.2, -0.15) is 0 Å². The fourth-order valence-electron chi connectivity index (χ4n) is 5.85. The normalized spacial score (nSPS) is 26.4. The highest BCUT2D eigenvalue weighted by Crippen LogP contribution is 2.61. The number of fused-ring (bicyclic) bond motifs is 4. The average molecular weight is 583 g/mol. The van der Waals surface area contributed by atoms with Crippen molar-refractivity contribution in [2.45, 2.75) is 76.0 Å². The largest absolute Gasteiger partial charge is 0.346 e. The SMILES string of the molecule is CC1(C)O[C@@H]2[C@H](O1)[C@@H](COP(=O)(OCC1c3ccccc3-c3ccccc31)C(C)(C)C)O[C@H]2n1ccc(=O)[nH]c1=O. The number of hydrogen-bond donors (Lipinski definition) is 1. The molecule has 41 heavy (non-hydrogen) atoms. The van der Waals surface area contributed by atoms with E-state index in [0.29, 0.717) is 0 Å². The molecule has 3 heterocycles. The Hall–Kier alpha value is -2.85. The number of benzene rings is 2. The molecule has 5 atom stereocenters. The van der Waals surface area contributed by atoms with Crippen LogP contribution in [0.3, 0.4) is 0 Å². The second-order valence-corrected chi connectivity index (χ2v) is 15.0. The number of nitrogens with one attached hydrogen (secondary N) is 1. The van der Waals surface area contributed by atoms with Gasteiger partial charge in [-0.25, -0.2) is 4.79 Å².